The van der Waals surface area contributed by atoms with Crippen LogP contribution in [-0.4, -0.2) is 61.2 Å². The van der Waals surface area contributed by atoms with Gasteiger partial charge in [0.25, 0.3) is 0 Å². The lowest BCUT2D eigenvalue weighted by Crippen LogP contribution is -2.42. The predicted molar refractivity (Wildman–Crippen MR) is 54.1 cm³/mol. The average Bonchev–Trinajstić information content (AvgIpc) is 2.18. The summed E-state index contributed by atoms with van der Waals surface area (Å²) >= 11 is 0. The summed E-state index contributed by atoms with van der Waals surface area (Å²) in [4.78, 5) is 2.20. The molecule has 0 spiro atoms. The second-order valence-corrected chi connectivity index (χ2v) is 4.06. The van der Waals surface area contributed by atoms with Crippen LogP contribution in [0.1, 0.15) is 12.8 Å². The Morgan fingerprint density at radius 1 is 1.57 bits per heavy atom. The van der Waals surface area contributed by atoms with Gasteiger partial charge in [0.1, 0.15) is 0 Å². The molecule has 84 valence electrons. The van der Waals surface area contributed by atoms with Crippen LogP contribution in [0, 0.1) is 5.92 Å². The number of β-amino-alcohol motifs (C(OH)–C–C–N with tert-alkyl or cyclic N) is 1. The Morgan fingerprint density at radius 3 is 3.00 bits per heavy atom. The lowest BCUT2D eigenvalue weighted by atomic mass is 9.99. The summed E-state index contributed by atoms with van der Waals surface area (Å²) in [6.07, 6.45) is 1.82. The average molecular weight is 203 g/mol. The molecular weight excluding hydrogens is 182 g/mol. The van der Waals surface area contributed by atoms with Gasteiger partial charge < -0.3 is 19.8 Å². The number of hydrogen-bond acceptors (Lipinski definition) is 4. The Kier molecular flexibility index (Phi) is 5.40. The fourth-order valence-electron chi connectivity index (χ4n) is 2.01. The van der Waals surface area contributed by atoms with Gasteiger partial charge in [0, 0.05) is 26.8 Å². The summed E-state index contributed by atoms with van der Waals surface area (Å²) in [6, 6.07) is 0. The van der Waals surface area contributed by atoms with Crippen molar-refractivity contribution < 1.29 is 14.9 Å². The minimum absolute atomic E-state index is 0.261. The molecule has 14 heavy (non-hydrogen) atoms. The van der Waals surface area contributed by atoms with Crippen molar-refractivity contribution >= 4 is 0 Å². The van der Waals surface area contributed by atoms with Crippen molar-refractivity contribution in [2.75, 3.05) is 40.0 Å². The number of hydrogen-bond donors (Lipinski definition) is 2. The van der Waals surface area contributed by atoms with E-state index in [0.717, 1.165) is 25.9 Å². The van der Waals surface area contributed by atoms with Gasteiger partial charge in [-0.25, -0.2) is 0 Å². The lowest BCUT2D eigenvalue weighted by Gasteiger charge is -2.32. The van der Waals surface area contributed by atoms with Crippen LogP contribution in [-0.2, 0) is 4.74 Å². The van der Waals surface area contributed by atoms with Crippen molar-refractivity contribution in [1.82, 2.24) is 4.90 Å². The van der Waals surface area contributed by atoms with Crippen LogP contribution in [0.2, 0.25) is 0 Å². The van der Waals surface area contributed by atoms with Gasteiger partial charge in [0.2, 0.25) is 0 Å². The Labute approximate surface area is 85.5 Å². The normalized spacial score (nSPS) is 26.4. The third-order valence-corrected chi connectivity index (χ3v) is 2.69. The van der Waals surface area contributed by atoms with Gasteiger partial charge in [-0.15, -0.1) is 0 Å². The second kappa shape index (κ2) is 6.35. The molecule has 2 atom stereocenters. The second-order valence-electron chi connectivity index (χ2n) is 4.06. The topological polar surface area (TPSA) is 52.9 Å². The fourth-order valence-corrected chi connectivity index (χ4v) is 2.01. The molecule has 0 aromatic rings. The molecule has 0 aliphatic carbocycles. The lowest BCUT2D eigenvalue weighted by molar-refractivity contribution is 0.0219. The molecule has 0 aromatic carbocycles. The van der Waals surface area contributed by atoms with Crippen LogP contribution in [0.3, 0.4) is 0 Å². The van der Waals surface area contributed by atoms with E-state index in [0.29, 0.717) is 19.1 Å². The number of ether oxygens (including phenoxy) is 1. The first-order valence-corrected chi connectivity index (χ1v) is 5.26. The summed E-state index contributed by atoms with van der Waals surface area (Å²) in [7, 11) is 1.59. The maximum atomic E-state index is 9.53. The van der Waals surface area contributed by atoms with Crippen molar-refractivity contribution in [2.24, 2.45) is 5.92 Å². The van der Waals surface area contributed by atoms with Crippen LogP contribution >= 0.6 is 0 Å². The number of piperidine rings is 1. The quantitative estimate of drug-likeness (QED) is 0.644. The van der Waals surface area contributed by atoms with E-state index in [1.807, 2.05) is 0 Å². The first-order chi connectivity index (χ1) is 6.76. The van der Waals surface area contributed by atoms with Gasteiger partial charge in [0.15, 0.2) is 0 Å². The summed E-state index contributed by atoms with van der Waals surface area (Å²) < 4.78 is 4.87. The number of nitrogens with zero attached hydrogens (tertiary/aromatic N) is 1. The molecule has 0 amide bonds. The van der Waals surface area contributed by atoms with Crippen LogP contribution in [0.15, 0.2) is 0 Å². The van der Waals surface area contributed by atoms with Crippen molar-refractivity contribution in [2.45, 2.75) is 18.9 Å². The van der Waals surface area contributed by atoms with Gasteiger partial charge in [-0.3, -0.25) is 0 Å². The molecule has 0 radical (unpaired) electrons. The molecule has 1 rings (SSSR count). The van der Waals surface area contributed by atoms with E-state index in [4.69, 9.17) is 9.84 Å². The minimum Gasteiger partial charge on any atom is -0.396 e. The number of rotatable bonds is 5. The summed E-state index contributed by atoms with van der Waals surface area (Å²) in [6.45, 7) is 3.23. The van der Waals surface area contributed by atoms with E-state index in [9.17, 15) is 5.11 Å². The summed E-state index contributed by atoms with van der Waals surface area (Å²) in [5.41, 5.74) is 0. The molecule has 0 aromatic heterocycles. The van der Waals surface area contributed by atoms with Gasteiger partial charge in [-0.2, -0.15) is 0 Å². The van der Waals surface area contributed by atoms with Crippen LogP contribution in [0.5, 0.6) is 0 Å². The first-order valence-electron chi connectivity index (χ1n) is 5.26. The number of aliphatic hydroxyl groups excluding tert-OH is 2. The van der Waals surface area contributed by atoms with E-state index >= 15 is 0 Å². The maximum Gasteiger partial charge on any atom is 0.0900 e. The summed E-state index contributed by atoms with van der Waals surface area (Å²) in [5, 5.41) is 18.6. The number of likely N-dealkylation sites (tertiary alicyclic amines) is 1. The van der Waals surface area contributed by atoms with E-state index < -0.39 is 6.10 Å². The molecule has 1 heterocycles. The van der Waals surface area contributed by atoms with Gasteiger partial charge in [-0.05, 0) is 25.3 Å². The molecule has 1 aliphatic rings. The Bertz CT molecular complexity index is 154. The van der Waals surface area contributed by atoms with E-state index in [1.54, 1.807) is 7.11 Å². The largest absolute Gasteiger partial charge is 0.396 e. The van der Waals surface area contributed by atoms with Gasteiger partial charge in [0.05, 0.1) is 12.7 Å². The van der Waals surface area contributed by atoms with Crippen molar-refractivity contribution in [3.05, 3.63) is 0 Å². The smallest absolute Gasteiger partial charge is 0.0900 e. The highest BCUT2D eigenvalue weighted by Gasteiger charge is 2.20. The zero-order chi connectivity index (χ0) is 10.4. The van der Waals surface area contributed by atoms with Crippen molar-refractivity contribution in [1.29, 1.82) is 0 Å². The zero-order valence-electron chi connectivity index (χ0n) is 8.85. The molecule has 1 saturated heterocycles. The zero-order valence-corrected chi connectivity index (χ0v) is 8.85. The van der Waals surface area contributed by atoms with Crippen molar-refractivity contribution in [3.63, 3.8) is 0 Å². The third kappa shape index (κ3) is 3.92. The Morgan fingerprint density at radius 2 is 2.36 bits per heavy atom. The molecule has 1 fully saturated rings. The van der Waals surface area contributed by atoms with Gasteiger partial charge in [-0.1, -0.05) is 0 Å². The van der Waals surface area contributed by atoms with Crippen LogP contribution in [0.25, 0.3) is 0 Å². The third-order valence-electron chi connectivity index (χ3n) is 2.69. The highest BCUT2D eigenvalue weighted by atomic mass is 16.5. The van der Waals surface area contributed by atoms with Crippen LogP contribution in [0.4, 0.5) is 0 Å². The summed E-state index contributed by atoms with van der Waals surface area (Å²) in [5.74, 6) is 0.387. The first kappa shape index (κ1) is 11.9. The SMILES string of the molecule is COCC(O)CN1CCCC(CO)C1. The monoisotopic (exact) mass is 203 g/mol. The fraction of sp³-hybridized carbons (Fsp3) is 1.00. The molecule has 0 bridgehead atoms. The van der Waals surface area contributed by atoms with E-state index in [1.165, 1.54) is 0 Å². The Hall–Kier alpha value is -0.160. The van der Waals surface area contributed by atoms with Crippen LogP contribution < -0.4 is 0 Å². The number of aliphatic hydroxyl groups is 2. The molecule has 2 N–H and O–H groups in total. The molecule has 4 heteroatoms. The standard InChI is InChI=1S/C10H21NO3/c1-14-8-10(13)6-11-4-2-3-9(5-11)7-12/h9-10,12-13H,2-8H2,1H3. The molecule has 1 aliphatic heterocycles. The maximum absolute atomic E-state index is 9.53. The van der Waals surface area contributed by atoms with Gasteiger partial charge >= 0.3 is 0 Å². The van der Waals surface area contributed by atoms with E-state index in [-0.39, 0.29) is 6.61 Å². The molecule has 4 nitrogen and oxygen atoms in total. The molecule has 2 unspecified atom stereocenters. The van der Waals surface area contributed by atoms with E-state index in [2.05, 4.69) is 4.90 Å². The molecule has 0 saturated carbocycles. The highest BCUT2D eigenvalue weighted by Crippen LogP contribution is 2.15. The minimum atomic E-state index is -0.405. The van der Waals surface area contributed by atoms with Crippen molar-refractivity contribution in [3.8, 4) is 0 Å². The predicted octanol–water partition coefficient (Wildman–Crippen LogP) is -0.302. The Balaban J connectivity index is 2.22. The highest BCUT2D eigenvalue weighted by molar-refractivity contribution is 4.74. The molecular formula is C10H21NO3. The number of methoxy groups -OCH3 is 1.